The Kier molecular flexibility index (Phi) is 44.1. The molecule has 0 aromatic carbocycles. The van der Waals surface area contributed by atoms with Crippen LogP contribution in [0.5, 0.6) is 0 Å². The predicted octanol–water partition coefficient (Wildman–Crippen LogP) is 3.93. The first kappa shape index (κ1) is 36.7. The summed E-state index contributed by atoms with van der Waals surface area (Å²) in [5, 5.41) is 4.50. The van der Waals surface area contributed by atoms with Gasteiger partial charge in [0.25, 0.3) is 0 Å². The van der Waals surface area contributed by atoms with Crippen LogP contribution in [0.4, 0.5) is 4.79 Å². The van der Waals surface area contributed by atoms with Crippen molar-refractivity contribution >= 4 is 6.09 Å². The van der Waals surface area contributed by atoms with Crippen LogP contribution in [0.15, 0.2) is 0 Å². The van der Waals surface area contributed by atoms with Crippen LogP contribution in [-0.2, 0) is 4.74 Å². The van der Waals surface area contributed by atoms with Crippen LogP contribution in [-0.4, -0.2) is 36.8 Å². The Hall–Kier alpha value is -1.21. The average Bonchev–Trinajstić information content (AvgIpc) is 2.54. The van der Waals surface area contributed by atoms with Gasteiger partial charge in [-0.3, -0.25) is 0 Å². The lowest BCUT2D eigenvalue weighted by atomic mass is 10.2. The summed E-state index contributed by atoms with van der Waals surface area (Å²) in [6.45, 7) is 18.2. The van der Waals surface area contributed by atoms with E-state index in [0.29, 0.717) is 13.1 Å². The molecule has 0 unspecified atom stereocenters. The van der Waals surface area contributed by atoms with E-state index in [1.165, 1.54) is 19.3 Å². The first-order valence-electron chi connectivity index (χ1n) is 10.2. The molecule has 0 rings (SSSR count). The van der Waals surface area contributed by atoms with E-state index in [1.54, 1.807) is 0 Å². The fourth-order valence-corrected chi connectivity index (χ4v) is 1.13. The summed E-state index contributed by atoms with van der Waals surface area (Å²) < 4.78 is 5.03. The molecule has 168 valence electrons. The number of carbonyl (C=O) groups excluding carboxylic acids is 1. The Morgan fingerprint density at radius 1 is 0.963 bits per heavy atom. The summed E-state index contributed by atoms with van der Waals surface area (Å²) in [6, 6.07) is 0. The normalized spacial score (nSPS) is 8.93. The Balaban J connectivity index is -0.0000000907. The molecular weight excluding hydrogens is 346 g/mol. The highest BCUT2D eigenvalue weighted by Gasteiger charge is 2.14. The number of carbonyl (C=O) groups is 1. The van der Waals surface area contributed by atoms with Gasteiger partial charge < -0.3 is 21.3 Å². The van der Waals surface area contributed by atoms with Crippen LogP contribution < -0.4 is 16.2 Å². The van der Waals surface area contributed by atoms with Crippen LogP contribution in [0, 0.1) is 4.91 Å². The molecule has 0 bridgehead atoms. The minimum atomic E-state index is -0.393. The zero-order valence-electron chi connectivity index (χ0n) is 19.3. The number of hydrogen-bond acceptors (Lipinski definition) is 5. The summed E-state index contributed by atoms with van der Waals surface area (Å²) in [4.78, 5) is 20.4. The molecule has 0 saturated carbocycles. The van der Waals surface area contributed by atoms with Crippen LogP contribution in [0.2, 0.25) is 0 Å². The van der Waals surface area contributed by atoms with E-state index in [2.05, 4.69) is 39.9 Å². The summed E-state index contributed by atoms with van der Waals surface area (Å²) in [7, 11) is 0. The van der Waals surface area contributed by atoms with E-state index in [4.69, 9.17) is 10.5 Å². The molecular formula is C20H49N3O4. The lowest BCUT2D eigenvalue weighted by molar-refractivity contribution is -0.481. The van der Waals surface area contributed by atoms with Gasteiger partial charge in [-0.2, -0.15) is 0 Å². The molecule has 0 aliphatic heterocycles. The number of unbranched alkanes of at least 4 members (excludes halogenated alkanes) is 3. The van der Waals surface area contributed by atoms with Gasteiger partial charge in [-0.1, -0.05) is 53.9 Å². The van der Waals surface area contributed by atoms with Gasteiger partial charge in [0, 0.05) is 17.9 Å². The Labute approximate surface area is 168 Å². The third-order valence-corrected chi connectivity index (χ3v) is 2.39. The SMILES string of the molecule is CCC.CCCCN.CCCCNC(=O)OC(C)(C)C.CCCC[NH+]=O.[OH-]. The van der Waals surface area contributed by atoms with Gasteiger partial charge in [0.1, 0.15) is 5.60 Å². The minimum Gasteiger partial charge on any atom is -0.870 e. The number of rotatable bonds is 8. The molecule has 0 fully saturated rings. The van der Waals surface area contributed by atoms with Crippen LogP contribution in [0.3, 0.4) is 0 Å². The standard InChI is InChI=1S/C9H19NO2.C4H9NO.C4H11N.C3H8.H2O/c1-5-6-7-10-8(11)12-9(2,3)4;1-2-3-4-5-6;1-2-3-4-5;1-3-2;/h5-7H2,1-4H3,(H,10,11);2-4H2,1H3;2-5H2,1H3;3H2,1-2H3;1H2. The lowest BCUT2D eigenvalue weighted by Crippen LogP contribution is -2.63. The summed E-state index contributed by atoms with van der Waals surface area (Å²) in [6.07, 6.45) is 7.47. The molecule has 1 amide bonds. The second kappa shape index (κ2) is 32.5. The van der Waals surface area contributed by atoms with Crippen LogP contribution in [0.1, 0.15) is 100 Å². The third kappa shape index (κ3) is 67.7. The lowest BCUT2D eigenvalue weighted by Gasteiger charge is -2.19. The number of amides is 1. The highest BCUT2D eigenvalue weighted by Crippen LogP contribution is 2.06. The molecule has 0 atom stereocenters. The van der Waals surface area contributed by atoms with Crippen LogP contribution >= 0.6 is 0 Å². The van der Waals surface area contributed by atoms with Crippen molar-refractivity contribution in [1.82, 2.24) is 5.32 Å². The van der Waals surface area contributed by atoms with Gasteiger partial charge in [-0.05, 0) is 51.8 Å². The Bertz CT molecular complexity index is 268. The first-order valence-corrected chi connectivity index (χ1v) is 10.2. The third-order valence-electron chi connectivity index (χ3n) is 2.39. The number of hydrogen-bond donors (Lipinski definition) is 3. The summed E-state index contributed by atoms with van der Waals surface area (Å²) in [5.41, 5.74) is 4.75. The second-order valence-electron chi connectivity index (χ2n) is 6.88. The molecule has 0 heterocycles. The number of alkyl carbamates (subject to hydrolysis) is 1. The number of ether oxygens (including phenoxy) is 1. The molecule has 0 aromatic heterocycles. The molecule has 0 radical (unpaired) electrons. The molecule has 0 spiro atoms. The highest BCUT2D eigenvalue weighted by atomic mass is 16.6. The minimum absolute atomic E-state index is 0. The molecule has 7 heteroatoms. The highest BCUT2D eigenvalue weighted by molar-refractivity contribution is 5.67. The van der Waals surface area contributed by atoms with Crippen molar-refractivity contribution in [1.29, 1.82) is 0 Å². The predicted molar refractivity (Wildman–Crippen MR) is 115 cm³/mol. The quantitative estimate of drug-likeness (QED) is 0.537. The number of nitrogens with one attached hydrogen (secondary N) is 2. The van der Waals surface area contributed by atoms with Crippen molar-refractivity contribution in [3.63, 3.8) is 0 Å². The van der Waals surface area contributed by atoms with E-state index in [-0.39, 0.29) is 11.6 Å². The fourth-order valence-electron chi connectivity index (χ4n) is 1.13. The first-order chi connectivity index (χ1) is 12.2. The van der Waals surface area contributed by atoms with Gasteiger partial charge in [0.05, 0.1) is 0 Å². The van der Waals surface area contributed by atoms with E-state index in [9.17, 15) is 9.70 Å². The molecule has 0 aliphatic rings. The molecule has 5 N–H and O–H groups in total. The Morgan fingerprint density at radius 2 is 1.41 bits per heavy atom. The van der Waals surface area contributed by atoms with Crippen molar-refractivity contribution < 1.29 is 20.2 Å². The maximum atomic E-state index is 11.0. The van der Waals surface area contributed by atoms with Crippen LogP contribution in [0.25, 0.3) is 0 Å². The summed E-state index contributed by atoms with van der Waals surface area (Å²) >= 11 is 0. The molecule has 0 saturated heterocycles. The van der Waals surface area contributed by atoms with E-state index >= 15 is 0 Å². The largest absolute Gasteiger partial charge is 0.870 e. The topological polar surface area (TPSA) is 125 Å². The van der Waals surface area contributed by atoms with Crippen molar-refractivity contribution in [3.05, 3.63) is 4.91 Å². The fraction of sp³-hybridized carbons (Fsp3) is 0.950. The summed E-state index contributed by atoms with van der Waals surface area (Å²) in [5.74, 6) is 0. The smallest absolute Gasteiger partial charge is 0.407 e. The number of nitroso groups, excluding NO2 is 1. The van der Waals surface area contributed by atoms with Crippen molar-refractivity contribution in [2.75, 3.05) is 19.6 Å². The zero-order valence-corrected chi connectivity index (χ0v) is 19.3. The van der Waals surface area contributed by atoms with Gasteiger partial charge in [0.15, 0.2) is 6.54 Å². The maximum Gasteiger partial charge on any atom is 0.407 e. The Morgan fingerprint density at radius 3 is 1.63 bits per heavy atom. The van der Waals surface area contributed by atoms with Gasteiger partial charge in [-0.25, -0.2) is 4.79 Å². The zero-order chi connectivity index (χ0) is 21.3. The van der Waals surface area contributed by atoms with Crippen molar-refractivity contribution in [3.8, 4) is 0 Å². The van der Waals surface area contributed by atoms with E-state index < -0.39 is 5.60 Å². The number of nitrogens with two attached hydrogens (primary N) is 1. The van der Waals surface area contributed by atoms with Gasteiger partial charge in [0.2, 0.25) is 0 Å². The molecule has 27 heavy (non-hydrogen) atoms. The molecule has 0 aliphatic carbocycles. The molecule has 0 aromatic rings. The monoisotopic (exact) mass is 395 g/mol. The maximum absolute atomic E-state index is 11.0. The van der Waals surface area contributed by atoms with Gasteiger partial charge in [-0.15, -0.1) is 0 Å². The van der Waals surface area contributed by atoms with Gasteiger partial charge >= 0.3 is 6.09 Å². The van der Waals surface area contributed by atoms with E-state index in [0.717, 1.165) is 32.2 Å². The molecule has 7 nitrogen and oxygen atoms in total. The second-order valence-corrected chi connectivity index (χ2v) is 6.88. The van der Waals surface area contributed by atoms with E-state index in [1.807, 2.05) is 25.9 Å². The average molecular weight is 396 g/mol. The van der Waals surface area contributed by atoms with Crippen molar-refractivity contribution in [2.45, 2.75) is 106 Å². The van der Waals surface area contributed by atoms with Crippen molar-refractivity contribution in [2.24, 2.45) is 5.73 Å².